The topological polar surface area (TPSA) is 44.1 Å². The van der Waals surface area contributed by atoms with Crippen LogP contribution in [0.2, 0.25) is 0 Å². The summed E-state index contributed by atoms with van der Waals surface area (Å²) >= 11 is 3.39. The molecule has 0 aliphatic rings. The van der Waals surface area contributed by atoms with Gasteiger partial charge in [-0.15, -0.1) is 0 Å². The van der Waals surface area contributed by atoms with Gasteiger partial charge in [-0.1, -0.05) is 18.2 Å². The van der Waals surface area contributed by atoms with Crippen LogP contribution in [-0.4, -0.2) is 23.2 Å². The molecule has 0 atom stereocenters. The zero-order valence-corrected chi connectivity index (χ0v) is 13.7. The van der Waals surface area contributed by atoms with Crippen LogP contribution in [0.4, 0.5) is 4.39 Å². The van der Waals surface area contributed by atoms with E-state index in [1.807, 2.05) is 30.3 Å². The van der Waals surface area contributed by atoms with Crippen LogP contribution < -0.4 is 4.74 Å². The molecule has 0 saturated carbocycles. The molecule has 0 unspecified atom stereocenters. The van der Waals surface area contributed by atoms with Gasteiger partial charge < -0.3 is 4.74 Å². The quantitative estimate of drug-likeness (QED) is 0.640. The van der Waals surface area contributed by atoms with Gasteiger partial charge >= 0.3 is 0 Å². The van der Waals surface area contributed by atoms with Crippen molar-refractivity contribution < 1.29 is 13.9 Å². The molecule has 0 spiro atoms. The first-order valence-corrected chi connectivity index (χ1v) is 7.58. The number of benzene rings is 2. The minimum atomic E-state index is -0.507. The standard InChI is InChI=1S/C17H12BrFN2O2/c1-23-15-8-7-11(9-14(15)19)16-13(10-22)17(18)21(20-16)12-5-3-2-4-6-12/h2-10H,1H3. The predicted octanol–water partition coefficient (Wildman–Crippen LogP) is 4.26. The van der Waals surface area contributed by atoms with Gasteiger partial charge in [-0.05, 0) is 46.3 Å². The molecule has 0 bridgehead atoms. The molecule has 0 radical (unpaired) electrons. The Morgan fingerprint density at radius 3 is 2.57 bits per heavy atom. The van der Waals surface area contributed by atoms with E-state index in [-0.39, 0.29) is 5.75 Å². The molecule has 116 valence electrons. The third-order valence-corrected chi connectivity index (χ3v) is 4.17. The fourth-order valence-corrected chi connectivity index (χ4v) is 2.85. The Hall–Kier alpha value is -2.47. The Morgan fingerprint density at radius 1 is 1.22 bits per heavy atom. The molecule has 0 N–H and O–H groups in total. The predicted molar refractivity (Wildman–Crippen MR) is 88.6 cm³/mol. The van der Waals surface area contributed by atoms with Crippen molar-refractivity contribution in [3.05, 3.63) is 64.5 Å². The average molecular weight is 375 g/mol. The van der Waals surface area contributed by atoms with E-state index in [0.717, 1.165) is 5.69 Å². The molecule has 0 amide bonds. The lowest BCUT2D eigenvalue weighted by Gasteiger charge is -2.04. The van der Waals surface area contributed by atoms with Crippen LogP contribution in [0, 0.1) is 5.82 Å². The number of hydrogen-bond acceptors (Lipinski definition) is 3. The van der Waals surface area contributed by atoms with Crippen LogP contribution in [0.25, 0.3) is 16.9 Å². The van der Waals surface area contributed by atoms with Gasteiger partial charge in [0.1, 0.15) is 10.3 Å². The number of nitrogens with zero attached hydrogens (tertiary/aromatic N) is 2. The number of halogens is 2. The molecule has 3 aromatic rings. The highest BCUT2D eigenvalue weighted by Crippen LogP contribution is 2.31. The maximum atomic E-state index is 13.9. The number of aromatic nitrogens is 2. The van der Waals surface area contributed by atoms with Gasteiger partial charge in [0.2, 0.25) is 0 Å². The number of ether oxygens (including phenoxy) is 1. The summed E-state index contributed by atoms with van der Waals surface area (Å²) in [7, 11) is 1.40. The molecule has 0 aliphatic heterocycles. The first-order chi connectivity index (χ1) is 11.2. The summed E-state index contributed by atoms with van der Waals surface area (Å²) in [6, 6.07) is 13.8. The number of carbonyl (C=O) groups excluding carboxylic acids is 1. The third kappa shape index (κ3) is 2.77. The Morgan fingerprint density at radius 2 is 1.96 bits per heavy atom. The van der Waals surface area contributed by atoms with Crippen molar-refractivity contribution in [3.63, 3.8) is 0 Å². The monoisotopic (exact) mass is 374 g/mol. The van der Waals surface area contributed by atoms with Crippen molar-refractivity contribution in [3.8, 4) is 22.7 Å². The highest BCUT2D eigenvalue weighted by atomic mass is 79.9. The molecular formula is C17H12BrFN2O2. The second-order valence-electron chi connectivity index (χ2n) is 4.77. The fourth-order valence-electron chi connectivity index (χ4n) is 2.28. The van der Waals surface area contributed by atoms with Crippen LogP contribution >= 0.6 is 15.9 Å². The number of rotatable bonds is 4. The van der Waals surface area contributed by atoms with Crippen LogP contribution in [0.5, 0.6) is 5.75 Å². The van der Waals surface area contributed by atoms with Crippen LogP contribution in [0.1, 0.15) is 10.4 Å². The van der Waals surface area contributed by atoms with Crippen molar-refractivity contribution in [2.45, 2.75) is 0 Å². The summed E-state index contributed by atoms with van der Waals surface area (Å²) in [6.45, 7) is 0. The van der Waals surface area contributed by atoms with Gasteiger partial charge in [-0.2, -0.15) is 5.10 Å². The van der Waals surface area contributed by atoms with Gasteiger partial charge in [-0.3, -0.25) is 4.79 Å². The smallest absolute Gasteiger partial charge is 0.165 e. The second kappa shape index (κ2) is 6.34. The van der Waals surface area contributed by atoms with Crippen molar-refractivity contribution in [2.75, 3.05) is 7.11 Å². The molecule has 23 heavy (non-hydrogen) atoms. The minimum absolute atomic E-state index is 0.142. The van der Waals surface area contributed by atoms with Crippen molar-refractivity contribution in [1.82, 2.24) is 9.78 Å². The van der Waals surface area contributed by atoms with E-state index >= 15 is 0 Å². The molecule has 0 aliphatic carbocycles. The van der Waals surface area contributed by atoms with E-state index in [9.17, 15) is 9.18 Å². The lowest BCUT2D eigenvalue weighted by molar-refractivity contribution is 0.112. The first-order valence-electron chi connectivity index (χ1n) is 6.78. The summed E-state index contributed by atoms with van der Waals surface area (Å²) in [5, 5.41) is 4.45. The number of aldehydes is 1. The van der Waals surface area contributed by atoms with Crippen molar-refractivity contribution in [1.29, 1.82) is 0 Å². The lowest BCUT2D eigenvalue weighted by atomic mass is 10.1. The van der Waals surface area contributed by atoms with Crippen molar-refractivity contribution >= 4 is 22.2 Å². The molecule has 4 nitrogen and oxygen atoms in total. The number of para-hydroxylation sites is 1. The molecule has 1 aromatic heterocycles. The van der Waals surface area contributed by atoms with E-state index in [4.69, 9.17) is 4.74 Å². The van der Waals surface area contributed by atoms with E-state index in [0.29, 0.717) is 27.7 Å². The van der Waals surface area contributed by atoms with Gasteiger partial charge in [0.05, 0.1) is 18.4 Å². The summed E-state index contributed by atoms with van der Waals surface area (Å²) in [4.78, 5) is 11.5. The van der Waals surface area contributed by atoms with Crippen LogP contribution in [0.3, 0.4) is 0 Å². The zero-order chi connectivity index (χ0) is 16.4. The second-order valence-corrected chi connectivity index (χ2v) is 5.52. The molecule has 0 saturated heterocycles. The minimum Gasteiger partial charge on any atom is -0.494 e. The van der Waals surface area contributed by atoms with E-state index < -0.39 is 5.82 Å². The third-order valence-electron chi connectivity index (χ3n) is 3.41. The average Bonchev–Trinajstić information content (AvgIpc) is 2.92. The first kappa shape index (κ1) is 15.4. The van der Waals surface area contributed by atoms with Crippen LogP contribution in [-0.2, 0) is 0 Å². The van der Waals surface area contributed by atoms with E-state index in [1.165, 1.54) is 19.2 Å². The molecule has 0 fully saturated rings. The summed E-state index contributed by atoms with van der Waals surface area (Å²) in [5.74, 6) is -0.366. The number of hydrogen-bond donors (Lipinski definition) is 0. The lowest BCUT2D eigenvalue weighted by Crippen LogP contribution is -1.96. The summed E-state index contributed by atoms with van der Waals surface area (Å²) in [6.07, 6.45) is 0.702. The van der Waals surface area contributed by atoms with Crippen molar-refractivity contribution in [2.24, 2.45) is 0 Å². The number of methoxy groups -OCH3 is 1. The van der Waals surface area contributed by atoms with Gasteiger partial charge in [-0.25, -0.2) is 9.07 Å². The zero-order valence-electron chi connectivity index (χ0n) is 12.2. The van der Waals surface area contributed by atoms with E-state index in [1.54, 1.807) is 10.7 Å². The largest absolute Gasteiger partial charge is 0.494 e. The number of carbonyl (C=O) groups is 1. The highest BCUT2D eigenvalue weighted by molar-refractivity contribution is 9.10. The van der Waals surface area contributed by atoms with Gasteiger partial charge in [0.15, 0.2) is 17.9 Å². The van der Waals surface area contributed by atoms with Gasteiger partial charge in [0.25, 0.3) is 0 Å². The summed E-state index contributed by atoms with van der Waals surface area (Å²) < 4.78 is 21.0. The molecule has 6 heteroatoms. The Kier molecular flexibility index (Phi) is 4.25. The SMILES string of the molecule is COc1ccc(-c2nn(-c3ccccc3)c(Br)c2C=O)cc1F. The maximum absolute atomic E-state index is 13.9. The maximum Gasteiger partial charge on any atom is 0.165 e. The van der Waals surface area contributed by atoms with Crippen LogP contribution in [0.15, 0.2) is 53.1 Å². The summed E-state index contributed by atoms with van der Waals surface area (Å²) in [5.41, 5.74) is 2.05. The highest BCUT2D eigenvalue weighted by Gasteiger charge is 2.19. The van der Waals surface area contributed by atoms with E-state index in [2.05, 4.69) is 21.0 Å². The molecular weight excluding hydrogens is 363 g/mol. The molecule has 2 aromatic carbocycles. The van der Waals surface area contributed by atoms with Gasteiger partial charge in [0, 0.05) is 5.56 Å². The normalized spacial score (nSPS) is 10.6. The Bertz CT molecular complexity index is 863. The molecule has 1 heterocycles. The Balaban J connectivity index is 2.17. The Labute approximate surface area is 140 Å². The molecule has 3 rings (SSSR count). The fraction of sp³-hybridized carbons (Fsp3) is 0.0588.